The maximum absolute atomic E-state index is 11.8. The molecular formula is C18H20N2O2. The largest absolute Gasteiger partial charge is 0.326 e. The van der Waals surface area contributed by atoms with Crippen molar-refractivity contribution in [3.63, 3.8) is 0 Å². The van der Waals surface area contributed by atoms with Crippen LogP contribution in [0.1, 0.15) is 24.0 Å². The smallest absolute Gasteiger partial charge is 0.224 e. The normalized spacial score (nSPS) is 10.1. The first-order chi connectivity index (χ1) is 10.5. The van der Waals surface area contributed by atoms with Gasteiger partial charge in [-0.05, 0) is 49.2 Å². The Morgan fingerprint density at radius 2 is 1.18 bits per heavy atom. The predicted molar refractivity (Wildman–Crippen MR) is 88.9 cm³/mol. The van der Waals surface area contributed by atoms with Crippen molar-refractivity contribution in [3.05, 3.63) is 59.7 Å². The minimum atomic E-state index is -0.162. The van der Waals surface area contributed by atoms with Crippen LogP contribution in [0, 0.1) is 13.8 Å². The van der Waals surface area contributed by atoms with Crippen LogP contribution < -0.4 is 10.6 Å². The highest BCUT2D eigenvalue weighted by Crippen LogP contribution is 2.12. The lowest BCUT2D eigenvalue weighted by atomic mass is 10.2. The number of hydrogen-bond donors (Lipinski definition) is 2. The van der Waals surface area contributed by atoms with E-state index in [2.05, 4.69) is 10.6 Å². The van der Waals surface area contributed by atoms with Gasteiger partial charge in [-0.1, -0.05) is 24.3 Å². The maximum Gasteiger partial charge on any atom is 0.224 e. The van der Waals surface area contributed by atoms with Crippen molar-refractivity contribution in [1.29, 1.82) is 0 Å². The molecule has 0 saturated carbocycles. The summed E-state index contributed by atoms with van der Waals surface area (Å²) in [6, 6.07) is 15.1. The van der Waals surface area contributed by atoms with E-state index in [4.69, 9.17) is 0 Å². The highest BCUT2D eigenvalue weighted by Gasteiger charge is 2.08. The average Bonchev–Trinajstić information content (AvgIpc) is 2.45. The Hall–Kier alpha value is -2.62. The van der Waals surface area contributed by atoms with Crippen LogP contribution in [0.4, 0.5) is 11.4 Å². The van der Waals surface area contributed by atoms with E-state index in [0.717, 1.165) is 22.5 Å². The minimum Gasteiger partial charge on any atom is -0.326 e. The van der Waals surface area contributed by atoms with E-state index in [9.17, 15) is 9.59 Å². The number of benzene rings is 2. The number of aryl methyl sites for hydroxylation is 2. The summed E-state index contributed by atoms with van der Waals surface area (Å²) in [4.78, 5) is 23.7. The molecule has 0 atom stereocenters. The van der Waals surface area contributed by atoms with Gasteiger partial charge in [0.05, 0.1) is 0 Å². The molecule has 2 aromatic carbocycles. The van der Waals surface area contributed by atoms with Gasteiger partial charge in [0, 0.05) is 24.2 Å². The topological polar surface area (TPSA) is 58.2 Å². The summed E-state index contributed by atoms with van der Waals surface area (Å²) < 4.78 is 0. The number of amides is 2. The summed E-state index contributed by atoms with van der Waals surface area (Å²) in [5.41, 5.74) is 3.66. The van der Waals surface area contributed by atoms with Crippen LogP contribution in [0.5, 0.6) is 0 Å². The molecule has 4 heteroatoms. The highest BCUT2D eigenvalue weighted by atomic mass is 16.2. The highest BCUT2D eigenvalue weighted by molar-refractivity contribution is 5.96. The molecule has 0 aliphatic carbocycles. The van der Waals surface area contributed by atoms with Gasteiger partial charge in [-0.15, -0.1) is 0 Å². The van der Waals surface area contributed by atoms with Gasteiger partial charge in [-0.25, -0.2) is 0 Å². The summed E-state index contributed by atoms with van der Waals surface area (Å²) in [7, 11) is 0. The fraction of sp³-hybridized carbons (Fsp3) is 0.222. The van der Waals surface area contributed by atoms with Crippen LogP contribution in [0.3, 0.4) is 0 Å². The standard InChI is InChI=1S/C18H20N2O2/c1-13-5-3-7-15(11-13)19-17(21)9-10-18(22)20-16-8-4-6-14(2)12-16/h3-8,11-12H,9-10H2,1-2H3,(H,19,21)(H,20,22). The zero-order chi connectivity index (χ0) is 15.9. The zero-order valence-electron chi connectivity index (χ0n) is 12.8. The van der Waals surface area contributed by atoms with Crippen molar-refractivity contribution < 1.29 is 9.59 Å². The lowest BCUT2D eigenvalue weighted by Crippen LogP contribution is -2.17. The van der Waals surface area contributed by atoms with Crippen LogP contribution in [0.25, 0.3) is 0 Å². The fourth-order valence-electron chi connectivity index (χ4n) is 2.12. The molecule has 0 heterocycles. The van der Waals surface area contributed by atoms with Crippen LogP contribution in [-0.4, -0.2) is 11.8 Å². The van der Waals surface area contributed by atoms with E-state index in [1.54, 1.807) is 0 Å². The molecule has 2 N–H and O–H groups in total. The molecule has 0 radical (unpaired) electrons. The molecule has 0 aliphatic heterocycles. The van der Waals surface area contributed by atoms with Crippen molar-refractivity contribution in [2.24, 2.45) is 0 Å². The van der Waals surface area contributed by atoms with E-state index in [-0.39, 0.29) is 24.7 Å². The molecule has 0 bridgehead atoms. The average molecular weight is 296 g/mol. The lowest BCUT2D eigenvalue weighted by molar-refractivity contribution is -0.121. The molecule has 0 fully saturated rings. The molecule has 2 aromatic rings. The summed E-state index contributed by atoms with van der Waals surface area (Å²) in [5, 5.41) is 5.58. The Balaban J connectivity index is 1.79. The predicted octanol–water partition coefficient (Wildman–Crippen LogP) is 3.66. The van der Waals surface area contributed by atoms with Crippen LogP contribution in [-0.2, 0) is 9.59 Å². The number of nitrogens with one attached hydrogen (secondary N) is 2. The number of rotatable bonds is 5. The minimum absolute atomic E-state index is 0.158. The van der Waals surface area contributed by atoms with Gasteiger partial charge in [0.15, 0.2) is 0 Å². The van der Waals surface area contributed by atoms with Crippen LogP contribution in [0.15, 0.2) is 48.5 Å². The molecule has 2 amide bonds. The van der Waals surface area contributed by atoms with Gasteiger partial charge in [0.1, 0.15) is 0 Å². The van der Waals surface area contributed by atoms with Crippen LogP contribution in [0.2, 0.25) is 0 Å². The fourth-order valence-corrected chi connectivity index (χ4v) is 2.12. The van der Waals surface area contributed by atoms with Gasteiger partial charge in [-0.2, -0.15) is 0 Å². The Labute approximate surface area is 130 Å². The van der Waals surface area contributed by atoms with Crippen molar-refractivity contribution in [2.45, 2.75) is 26.7 Å². The number of hydrogen-bond acceptors (Lipinski definition) is 2. The van der Waals surface area contributed by atoms with Gasteiger partial charge >= 0.3 is 0 Å². The van der Waals surface area contributed by atoms with Crippen molar-refractivity contribution in [2.75, 3.05) is 10.6 Å². The molecule has 22 heavy (non-hydrogen) atoms. The summed E-state index contributed by atoms with van der Waals surface area (Å²) >= 11 is 0. The van der Waals surface area contributed by atoms with Gasteiger partial charge in [-0.3, -0.25) is 9.59 Å². The molecule has 114 valence electrons. The summed E-state index contributed by atoms with van der Waals surface area (Å²) in [6.07, 6.45) is 0.317. The van der Waals surface area contributed by atoms with Crippen molar-refractivity contribution >= 4 is 23.2 Å². The molecule has 0 spiro atoms. The Morgan fingerprint density at radius 1 is 0.773 bits per heavy atom. The quantitative estimate of drug-likeness (QED) is 0.884. The third kappa shape index (κ3) is 5.05. The van der Waals surface area contributed by atoms with Gasteiger partial charge in [0.2, 0.25) is 11.8 Å². The number of anilines is 2. The monoisotopic (exact) mass is 296 g/mol. The van der Waals surface area contributed by atoms with E-state index < -0.39 is 0 Å². The summed E-state index contributed by atoms with van der Waals surface area (Å²) in [5.74, 6) is -0.324. The molecule has 0 aliphatic rings. The lowest BCUT2D eigenvalue weighted by Gasteiger charge is -2.07. The SMILES string of the molecule is Cc1cccc(NC(=O)CCC(=O)Nc2cccc(C)c2)c1. The van der Waals surface area contributed by atoms with E-state index in [0.29, 0.717) is 0 Å². The first-order valence-corrected chi connectivity index (χ1v) is 7.26. The Morgan fingerprint density at radius 3 is 1.55 bits per heavy atom. The van der Waals surface area contributed by atoms with E-state index in [1.165, 1.54) is 0 Å². The molecule has 4 nitrogen and oxygen atoms in total. The maximum atomic E-state index is 11.8. The van der Waals surface area contributed by atoms with Crippen molar-refractivity contribution in [3.8, 4) is 0 Å². The van der Waals surface area contributed by atoms with Crippen molar-refractivity contribution in [1.82, 2.24) is 0 Å². The first kappa shape index (κ1) is 15.8. The Bertz CT molecular complexity index is 621. The second-order valence-electron chi connectivity index (χ2n) is 5.34. The first-order valence-electron chi connectivity index (χ1n) is 7.26. The zero-order valence-corrected chi connectivity index (χ0v) is 12.8. The summed E-state index contributed by atoms with van der Waals surface area (Å²) in [6.45, 7) is 3.93. The van der Waals surface area contributed by atoms with Gasteiger partial charge < -0.3 is 10.6 Å². The second-order valence-corrected chi connectivity index (χ2v) is 5.34. The third-order valence-corrected chi connectivity index (χ3v) is 3.18. The number of carbonyl (C=O) groups is 2. The third-order valence-electron chi connectivity index (χ3n) is 3.18. The molecular weight excluding hydrogens is 276 g/mol. The second kappa shape index (κ2) is 7.41. The van der Waals surface area contributed by atoms with Crippen LogP contribution >= 0.6 is 0 Å². The Kier molecular flexibility index (Phi) is 5.31. The van der Waals surface area contributed by atoms with Gasteiger partial charge in [0.25, 0.3) is 0 Å². The molecule has 2 rings (SSSR count). The molecule has 0 saturated heterocycles. The van der Waals surface area contributed by atoms with E-state index >= 15 is 0 Å². The van der Waals surface area contributed by atoms with E-state index in [1.807, 2.05) is 62.4 Å². The molecule has 0 unspecified atom stereocenters. The number of carbonyl (C=O) groups excluding carboxylic acids is 2. The molecule has 0 aromatic heterocycles.